The van der Waals surface area contributed by atoms with Crippen molar-refractivity contribution in [2.45, 2.75) is 18.9 Å². The van der Waals surface area contributed by atoms with E-state index in [1.54, 1.807) is 14.2 Å². The molecule has 1 aliphatic rings. The lowest BCUT2D eigenvalue weighted by molar-refractivity contribution is 0.390. The van der Waals surface area contributed by atoms with Gasteiger partial charge >= 0.3 is 0 Å². The van der Waals surface area contributed by atoms with Gasteiger partial charge in [0.05, 0.1) is 24.9 Å². The maximum atomic E-state index is 6.21. The summed E-state index contributed by atoms with van der Waals surface area (Å²) in [5.41, 5.74) is 1.04. The molecule has 0 spiro atoms. The second-order valence-electron chi connectivity index (χ2n) is 4.71. The van der Waals surface area contributed by atoms with Gasteiger partial charge in [-0.25, -0.2) is 0 Å². The van der Waals surface area contributed by atoms with Crippen LogP contribution in [0.4, 0.5) is 5.69 Å². The molecule has 0 radical (unpaired) electrons. The summed E-state index contributed by atoms with van der Waals surface area (Å²) >= 11 is 6.21. The first-order valence-corrected chi connectivity index (χ1v) is 6.91. The Kier molecular flexibility index (Phi) is 4.77. The number of nitrogens with zero attached hydrogens (tertiary/aromatic N) is 1. The highest BCUT2D eigenvalue weighted by Gasteiger charge is 2.21. The van der Waals surface area contributed by atoms with Crippen molar-refractivity contribution in [2.75, 3.05) is 39.3 Å². The molecule has 0 amide bonds. The first-order chi connectivity index (χ1) is 9.19. The predicted molar refractivity (Wildman–Crippen MR) is 78.9 cm³/mol. The summed E-state index contributed by atoms with van der Waals surface area (Å²) in [7, 11) is 5.30. The number of nitrogens with one attached hydrogen (secondary N) is 1. The minimum atomic E-state index is 0.607. The van der Waals surface area contributed by atoms with E-state index in [9.17, 15) is 0 Å². The van der Waals surface area contributed by atoms with Gasteiger partial charge in [0.15, 0.2) is 0 Å². The molecular weight excluding hydrogens is 264 g/mol. The summed E-state index contributed by atoms with van der Waals surface area (Å²) in [4.78, 5) is 2.32. The molecule has 1 fully saturated rings. The fourth-order valence-electron chi connectivity index (χ4n) is 2.50. The molecule has 2 rings (SSSR count). The standard InChI is InChI=1S/C14H21ClN2O2/c1-16-10-4-6-17(7-5-10)12-8-11(15)13(18-2)9-14(12)19-3/h8-10,16H,4-7H2,1-3H3. The topological polar surface area (TPSA) is 33.7 Å². The van der Waals surface area contributed by atoms with Gasteiger partial charge in [-0.1, -0.05) is 11.6 Å². The molecule has 0 saturated carbocycles. The minimum Gasteiger partial charge on any atom is -0.495 e. The number of hydrogen-bond donors (Lipinski definition) is 1. The van der Waals surface area contributed by atoms with Crippen LogP contribution in [0.1, 0.15) is 12.8 Å². The number of hydrogen-bond acceptors (Lipinski definition) is 4. The maximum absolute atomic E-state index is 6.21. The largest absolute Gasteiger partial charge is 0.495 e. The lowest BCUT2D eigenvalue weighted by Crippen LogP contribution is -2.41. The smallest absolute Gasteiger partial charge is 0.145 e. The molecule has 0 aromatic heterocycles. The van der Waals surface area contributed by atoms with Gasteiger partial charge in [0.1, 0.15) is 11.5 Å². The van der Waals surface area contributed by atoms with E-state index in [1.165, 1.54) is 0 Å². The van der Waals surface area contributed by atoms with Crippen molar-refractivity contribution >= 4 is 17.3 Å². The zero-order valence-corrected chi connectivity index (χ0v) is 12.5. The average molecular weight is 285 g/mol. The summed E-state index contributed by atoms with van der Waals surface area (Å²) in [6.07, 6.45) is 2.26. The molecule has 1 aromatic rings. The van der Waals surface area contributed by atoms with Crippen molar-refractivity contribution in [3.63, 3.8) is 0 Å². The first kappa shape index (κ1) is 14.3. The van der Waals surface area contributed by atoms with Crippen LogP contribution < -0.4 is 19.7 Å². The summed E-state index contributed by atoms with van der Waals surface area (Å²) in [5, 5.41) is 3.95. The van der Waals surface area contributed by atoms with Crippen LogP contribution in [-0.2, 0) is 0 Å². The van der Waals surface area contributed by atoms with Gasteiger partial charge in [-0.3, -0.25) is 0 Å². The third-order valence-electron chi connectivity index (χ3n) is 3.70. The van der Waals surface area contributed by atoms with Crippen LogP contribution in [0.3, 0.4) is 0 Å². The maximum Gasteiger partial charge on any atom is 0.145 e. The quantitative estimate of drug-likeness (QED) is 0.921. The molecule has 0 atom stereocenters. The predicted octanol–water partition coefficient (Wildman–Crippen LogP) is 2.55. The van der Waals surface area contributed by atoms with Crippen LogP contribution in [0, 0.1) is 0 Å². The Labute approximate surface area is 119 Å². The van der Waals surface area contributed by atoms with Crippen molar-refractivity contribution in [3.8, 4) is 11.5 Å². The van der Waals surface area contributed by atoms with Crippen LogP contribution in [0.2, 0.25) is 5.02 Å². The van der Waals surface area contributed by atoms with Gasteiger partial charge in [-0.05, 0) is 26.0 Å². The van der Waals surface area contributed by atoms with Crippen molar-refractivity contribution in [1.29, 1.82) is 0 Å². The Hall–Kier alpha value is -1.13. The van der Waals surface area contributed by atoms with Crippen LogP contribution >= 0.6 is 11.6 Å². The summed E-state index contributed by atoms with van der Waals surface area (Å²) in [6.45, 7) is 2.01. The van der Waals surface area contributed by atoms with Crippen LogP contribution in [-0.4, -0.2) is 40.4 Å². The molecule has 1 heterocycles. The highest BCUT2D eigenvalue weighted by atomic mass is 35.5. The highest BCUT2D eigenvalue weighted by molar-refractivity contribution is 6.32. The van der Waals surface area contributed by atoms with Gasteiger partial charge < -0.3 is 19.7 Å². The van der Waals surface area contributed by atoms with E-state index in [1.807, 2.05) is 19.2 Å². The van der Waals surface area contributed by atoms with Gasteiger partial charge in [0.2, 0.25) is 0 Å². The third-order valence-corrected chi connectivity index (χ3v) is 3.99. The molecule has 106 valence electrons. The van der Waals surface area contributed by atoms with E-state index in [-0.39, 0.29) is 0 Å². The fraction of sp³-hybridized carbons (Fsp3) is 0.571. The SMILES string of the molecule is CNC1CCN(c2cc(Cl)c(OC)cc2OC)CC1. The van der Waals surface area contributed by atoms with Gasteiger partial charge in [-0.15, -0.1) is 0 Å². The van der Waals surface area contributed by atoms with E-state index >= 15 is 0 Å². The Bertz CT molecular complexity index is 432. The Morgan fingerprint density at radius 1 is 1.16 bits per heavy atom. The first-order valence-electron chi connectivity index (χ1n) is 6.53. The summed E-state index contributed by atoms with van der Waals surface area (Å²) in [5.74, 6) is 1.46. The number of piperidine rings is 1. The Balaban J connectivity index is 2.22. The number of anilines is 1. The normalized spacial score (nSPS) is 16.5. The zero-order valence-electron chi connectivity index (χ0n) is 11.7. The molecule has 4 nitrogen and oxygen atoms in total. The van der Waals surface area contributed by atoms with Gasteiger partial charge in [0, 0.05) is 25.2 Å². The number of benzene rings is 1. The molecule has 1 saturated heterocycles. The lowest BCUT2D eigenvalue weighted by atomic mass is 10.0. The van der Waals surface area contributed by atoms with E-state index < -0.39 is 0 Å². The lowest BCUT2D eigenvalue weighted by Gasteiger charge is -2.34. The second-order valence-corrected chi connectivity index (χ2v) is 5.12. The number of halogens is 1. The monoisotopic (exact) mass is 284 g/mol. The molecule has 0 aliphatic carbocycles. The summed E-state index contributed by atoms with van der Waals surface area (Å²) < 4.78 is 10.7. The van der Waals surface area contributed by atoms with E-state index in [4.69, 9.17) is 21.1 Å². The van der Waals surface area contributed by atoms with Gasteiger partial charge in [-0.2, -0.15) is 0 Å². The van der Waals surface area contributed by atoms with E-state index in [2.05, 4.69) is 10.2 Å². The summed E-state index contributed by atoms with van der Waals surface area (Å²) in [6, 6.07) is 4.39. The molecule has 0 unspecified atom stereocenters. The highest BCUT2D eigenvalue weighted by Crippen LogP contribution is 2.38. The average Bonchev–Trinajstić information content (AvgIpc) is 2.47. The van der Waals surface area contributed by atoms with Crippen LogP contribution in [0.5, 0.6) is 11.5 Å². The van der Waals surface area contributed by atoms with Gasteiger partial charge in [0.25, 0.3) is 0 Å². The van der Waals surface area contributed by atoms with Crippen molar-refractivity contribution < 1.29 is 9.47 Å². The van der Waals surface area contributed by atoms with E-state index in [0.717, 1.165) is 37.4 Å². The molecular formula is C14H21ClN2O2. The Morgan fingerprint density at radius 2 is 1.79 bits per heavy atom. The van der Waals surface area contributed by atoms with Crippen LogP contribution in [0.15, 0.2) is 12.1 Å². The molecule has 1 N–H and O–H groups in total. The second kappa shape index (κ2) is 6.35. The number of methoxy groups -OCH3 is 2. The molecule has 1 aliphatic heterocycles. The minimum absolute atomic E-state index is 0.607. The van der Waals surface area contributed by atoms with Crippen molar-refractivity contribution in [1.82, 2.24) is 5.32 Å². The van der Waals surface area contributed by atoms with E-state index in [0.29, 0.717) is 16.8 Å². The number of ether oxygens (including phenoxy) is 2. The molecule has 5 heteroatoms. The number of rotatable bonds is 4. The molecule has 0 bridgehead atoms. The molecule has 19 heavy (non-hydrogen) atoms. The zero-order chi connectivity index (χ0) is 13.8. The third kappa shape index (κ3) is 3.07. The Morgan fingerprint density at radius 3 is 2.32 bits per heavy atom. The molecule has 1 aromatic carbocycles. The fourth-order valence-corrected chi connectivity index (χ4v) is 2.74. The van der Waals surface area contributed by atoms with Crippen molar-refractivity contribution in [2.24, 2.45) is 0 Å². The van der Waals surface area contributed by atoms with Crippen LogP contribution in [0.25, 0.3) is 0 Å². The van der Waals surface area contributed by atoms with Crippen molar-refractivity contribution in [3.05, 3.63) is 17.2 Å².